The van der Waals surface area contributed by atoms with Gasteiger partial charge in [-0.1, -0.05) is 24.3 Å². The van der Waals surface area contributed by atoms with E-state index in [9.17, 15) is 0 Å². The van der Waals surface area contributed by atoms with Gasteiger partial charge in [0.25, 0.3) is 0 Å². The molecule has 7 nitrogen and oxygen atoms in total. The Morgan fingerprint density at radius 3 is 2.41 bits per heavy atom. The van der Waals surface area contributed by atoms with Crippen molar-refractivity contribution in [2.45, 2.75) is 12.8 Å². The van der Waals surface area contributed by atoms with Crippen molar-refractivity contribution in [3.05, 3.63) is 57.7 Å². The molecule has 0 atom stereocenters. The zero-order valence-electron chi connectivity index (χ0n) is 18.8. The third kappa shape index (κ3) is 4.28. The van der Waals surface area contributed by atoms with Crippen molar-refractivity contribution in [3.8, 4) is 28.5 Å². The minimum atomic E-state index is 0.552. The average Bonchev–Trinajstić information content (AvgIpc) is 3.43. The standard InChI is InChI=1S/C24H27N3O4S/c1-28-12-11-25-24-27(26-19-10-9-16-7-5-6-8-18(16)19)20(15-32-24)17-13-21(29-2)23(31-4)22(14-17)30-3/h5-8,13-15H,9-12H2,1-4H3/b25-24?,26-19+. The topological polar surface area (TPSA) is 66.6 Å². The van der Waals surface area contributed by atoms with E-state index in [4.69, 9.17) is 29.0 Å². The molecule has 4 rings (SSSR count). The second-order valence-electron chi connectivity index (χ2n) is 7.21. The van der Waals surface area contributed by atoms with E-state index in [2.05, 4.69) is 29.6 Å². The van der Waals surface area contributed by atoms with Crippen molar-refractivity contribution in [3.63, 3.8) is 0 Å². The molecule has 3 aromatic rings. The van der Waals surface area contributed by atoms with Gasteiger partial charge in [0.1, 0.15) is 0 Å². The van der Waals surface area contributed by atoms with Crippen LogP contribution < -0.4 is 19.0 Å². The number of fused-ring (bicyclic) bond motifs is 1. The molecule has 1 aliphatic carbocycles. The third-order valence-corrected chi connectivity index (χ3v) is 6.22. The Hall–Kier alpha value is -3.10. The molecule has 1 aliphatic rings. The smallest absolute Gasteiger partial charge is 0.206 e. The Bertz CT molecular complexity index is 1170. The van der Waals surface area contributed by atoms with Crippen LogP contribution in [0.5, 0.6) is 17.2 Å². The molecule has 0 saturated carbocycles. The highest BCUT2D eigenvalue weighted by molar-refractivity contribution is 7.07. The Labute approximate surface area is 191 Å². The summed E-state index contributed by atoms with van der Waals surface area (Å²) in [5.74, 6) is 1.74. The van der Waals surface area contributed by atoms with Gasteiger partial charge in [-0.3, -0.25) is 4.99 Å². The van der Waals surface area contributed by atoms with Crippen molar-refractivity contribution in [2.75, 3.05) is 41.6 Å². The van der Waals surface area contributed by atoms with Crippen LogP contribution >= 0.6 is 11.3 Å². The normalized spacial score (nSPS) is 14.6. The van der Waals surface area contributed by atoms with Crippen LogP contribution in [0.3, 0.4) is 0 Å². The number of thiazole rings is 1. The maximum atomic E-state index is 5.56. The van der Waals surface area contributed by atoms with Gasteiger partial charge in [0, 0.05) is 23.6 Å². The summed E-state index contributed by atoms with van der Waals surface area (Å²) < 4.78 is 23.7. The Morgan fingerprint density at radius 1 is 0.969 bits per heavy atom. The van der Waals surface area contributed by atoms with Gasteiger partial charge in [0.15, 0.2) is 11.5 Å². The number of rotatable bonds is 8. The molecule has 0 amide bonds. The van der Waals surface area contributed by atoms with E-state index in [0.717, 1.165) is 34.6 Å². The minimum absolute atomic E-state index is 0.552. The van der Waals surface area contributed by atoms with E-state index < -0.39 is 0 Å². The molecule has 0 aliphatic heterocycles. The Balaban J connectivity index is 1.88. The lowest BCUT2D eigenvalue weighted by Gasteiger charge is -2.14. The van der Waals surface area contributed by atoms with Crippen LogP contribution in [0.25, 0.3) is 11.3 Å². The molecule has 0 saturated heterocycles. The van der Waals surface area contributed by atoms with Gasteiger partial charge in [-0.15, -0.1) is 11.3 Å². The molecule has 0 radical (unpaired) electrons. The number of ether oxygens (including phenoxy) is 4. The monoisotopic (exact) mass is 453 g/mol. The van der Waals surface area contributed by atoms with Crippen LogP contribution in [-0.4, -0.2) is 52.0 Å². The van der Waals surface area contributed by atoms with Gasteiger partial charge >= 0.3 is 0 Å². The molecule has 0 N–H and O–H groups in total. The first-order valence-corrected chi connectivity index (χ1v) is 11.2. The van der Waals surface area contributed by atoms with Gasteiger partial charge in [-0.05, 0) is 30.5 Å². The fraction of sp³-hybridized carbons (Fsp3) is 0.333. The number of methoxy groups -OCH3 is 4. The van der Waals surface area contributed by atoms with Crippen molar-refractivity contribution in [2.24, 2.45) is 10.1 Å². The summed E-state index contributed by atoms with van der Waals surface area (Å²) in [7, 11) is 6.50. The predicted molar refractivity (Wildman–Crippen MR) is 126 cm³/mol. The maximum Gasteiger partial charge on any atom is 0.206 e. The second-order valence-corrected chi connectivity index (χ2v) is 8.04. The highest BCUT2D eigenvalue weighted by atomic mass is 32.1. The van der Waals surface area contributed by atoms with E-state index in [1.807, 2.05) is 16.8 Å². The lowest BCUT2D eigenvalue weighted by Crippen LogP contribution is -2.15. The summed E-state index contributed by atoms with van der Waals surface area (Å²) in [6.45, 7) is 1.12. The summed E-state index contributed by atoms with van der Waals surface area (Å²) in [5.41, 5.74) is 5.39. The molecule has 1 heterocycles. The SMILES string of the molecule is COCCN=c1scc(-c2cc(OC)c(OC)c(OC)c2)n1/N=C1\CCc2ccccc21. The zero-order chi connectivity index (χ0) is 22.5. The molecule has 8 heteroatoms. The molecule has 0 bridgehead atoms. The molecular formula is C24H27N3O4S. The fourth-order valence-corrected chi connectivity index (χ4v) is 4.65. The fourth-order valence-electron chi connectivity index (χ4n) is 3.80. The molecule has 1 aromatic heterocycles. The summed E-state index contributed by atoms with van der Waals surface area (Å²) in [6, 6.07) is 12.3. The molecule has 0 unspecified atom stereocenters. The number of aryl methyl sites for hydroxylation is 1. The zero-order valence-corrected chi connectivity index (χ0v) is 19.6. The van der Waals surface area contributed by atoms with E-state index in [1.54, 1.807) is 39.8 Å². The van der Waals surface area contributed by atoms with E-state index in [0.29, 0.717) is 30.4 Å². The molecule has 168 valence electrons. The average molecular weight is 454 g/mol. The lowest BCUT2D eigenvalue weighted by molar-refractivity contribution is 0.207. The van der Waals surface area contributed by atoms with Gasteiger partial charge < -0.3 is 18.9 Å². The van der Waals surface area contributed by atoms with Gasteiger partial charge in [-0.25, -0.2) is 4.68 Å². The van der Waals surface area contributed by atoms with Crippen molar-refractivity contribution in [1.82, 2.24) is 4.68 Å². The maximum absolute atomic E-state index is 5.56. The quantitative estimate of drug-likeness (QED) is 0.484. The second kappa shape index (κ2) is 10.0. The minimum Gasteiger partial charge on any atom is -0.493 e. The van der Waals surface area contributed by atoms with Crippen LogP contribution in [0.4, 0.5) is 0 Å². The van der Waals surface area contributed by atoms with Crippen LogP contribution in [0.15, 0.2) is 51.9 Å². The van der Waals surface area contributed by atoms with Crippen LogP contribution in [0, 0.1) is 0 Å². The molecular weight excluding hydrogens is 426 g/mol. The predicted octanol–water partition coefficient (Wildman–Crippen LogP) is 3.99. The van der Waals surface area contributed by atoms with Gasteiger partial charge in [0.2, 0.25) is 10.6 Å². The number of benzene rings is 2. The first-order valence-electron chi connectivity index (χ1n) is 10.4. The summed E-state index contributed by atoms with van der Waals surface area (Å²) >= 11 is 1.54. The number of hydrogen-bond donors (Lipinski definition) is 0. The first-order chi connectivity index (χ1) is 15.7. The highest BCUT2D eigenvalue weighted by Crippen LogP contribution is 2.41. The molecule has 0 fully saturated rings. The van der Waals surface area contributed by atoms with Gasteiger partial charge in [-0.2, -0.15) is 5.10 Å². The summed E-state index contributed by atoms with van der Waals surface area (Å²) in [4.78, 5) is 5.53. The number of aromatic nitrogens is 1. The molecule has 2 aromatic carbocycles. The lowest BCUT2D eigenvalue weighted by atomic mass is 10.1. The summed E-state index contributed by atoms with van der Waals surface area (Å²) in [6.07, 6.45) is 1.89. The number of hydrogen-bond acceptors (Lipinski definition) is 7. The van der Waals surface area contributed by atoms with E-state index >= 15 is 0 Å². The van der Waals surface area contributed by atoms with Crippen molar-refractivity contribution >= 4 is 17.0 Å². The Morgan fingerprint density at radius 2 is 1.72 bits per heavy atom. The van der Waals surface area contributed by atoms with Crippen molar-refractivity contribution in [1.29, 1.82) is 0 Å². The van der Waals surface area contributed by atoms with Crippen molar-refractivity contribution < 1.29 is 18.9 Å². The van der Waals surface area contributed by atoms with Crippen LogP contribution in [0.2, 0.25) is 0 Å². The first kappa shape index (κ1) is 22.1. The van der Waals surface area contributed by atoms with Crippen LogP contribution in [-0.2, 0) is 11.2 Å². The highest BCUT2D eigenvalue weighted by Gasteiger charge is 2.20. The van der Waals surface area contributed by atoms with E-state index in [-0.39, 0.29) is 0 Å². The Kier molecular flexibility index (Phi) is 6.92. The number of nitrogens with zero attached hydrogens (tertiary/aromatic N) is 3. The largest absolute Gasteiger partial charge is 0.493 e. The third-order valence-electron chi connectivity index (χ3n) is 5.37. The molecule has 0 spiro atoms. The molecule has 32 heavy (non-hydrogen) atoms. The van der Waals surface area contributed by atoms with Crippen LogP contribution in [0.1, 0.15) is 17.5 Å². The van der Waals surface area contributed by atoms with Gasteiger partial charge in [0.05, 0.1) is 45.9 Å². The summed E-state index contributed by atoms with van der Waals surface area (Å²) in [5, 5.41) is 7.12. The van der Waals surface area contributed by atoms with E-state index in [1.165, 1.54) is 11.1 Å².